The summed E-state index contributed by atoms with van der Waals surface area (Å²) in [7, 11) is 0. The zero-order chi connectivity index (χ0) is 34.3. The summed E-state index contributed by atoms with van der Waals surface area (Å²) in [5.41, 5.74) is -3.42. The van der Waals surface area contributed by atoms with Gasteiger partial charge in [-0.1, -0.05) is 0 Å². The summed E-state index contributed by atoms with van der Waals surface area (Å²) in [6, 6.07) is 3.58. The summed E-state index contributed by atoms with van der Waals surface area (Å²) in [4.78, 5) is 48.9. The molecule has 2 atom stereocenters. The third-order valence-electron chi connectivity index (χ3n) is 6.05. The third kappa shape index (κ3) is 10.4. The molecule has 2 aromatic carbocycles. The van der Waals surface area contributed by atoms with E-state index in [9.17, 15) is 48.4 Å². The summed E-state index contributed by atoms with van der Waals surface area (Å²) in [5.74, 6) is -6.12. The zero-order valence-corrected chi connectivity index (χ0v) is 26.5. The molecule has 15 heteroatoms. The van der Waals surface area contributed by atoms with Crippen molar-refractivity contribution in [3.8, 4) is 23.0 Å². The lowest BCUT2D eigenvalue weighted by molar-refractivity contribution is -0.154. The lowest BCUT2D eigenvalue weighted by Crippen LogP contribution is -2.25. The molecule has 0 fully saturated rings. The number of ether oxygens (including phenoxy) is 4. The molecule has 0 aliphatic heterocycles. The topological polar surface area (TPSA) is 226 Å². The van der Waals surface area contributed by atoms with Crippen LogP contribution >= 0.6 is 0 Å². The second-order valence-electron chi connectivity index (χ2n) is 11.9. The molecule has 0 saturated carbocycles. The Labute approximate surface area is 262 Å². The molecule has 4 N–H and O–H groups in total. The van der Waals surface area contributed by atoms with E-state index >= 15 is 0 Å². The number of carbonyl (C=O) groups is 4. The smallest absolute Gasteiger partial charge is 0.342 e. The first-order valence-corrected chi connectivity index (χ1v) is 14.7. The maximum atomic E-state index is 12.6. The molecule has 45 heavy (non-hydrogen) atoms. The van der Waals surface area contributed by atoms with Crippen LogP contribution in [-0.2, 0) is 46.0 Å². The van der Waals surface area contributed by atoms with Crippen LogP contribution < -0.4 is 0 Å². The fourth-order valence-electron chi connectivity index (χ4n) is 3.64. The van der Waals surface area contributed by atoms with Crippen molar-refractivity contribution in [3.63, 3.8) is 0 Å². The van der Waals surface area contributed by atoms with Gasteiger partial charge in [-0.3, -0.25) is 13.8 Å². The Morgan fingerprint density at radius 3 is 1.51 bits per heavy atom. The highest BCUT2D eigenvalue weighted by molar-refractivity contribution is 7.79. The van der Waals surface area contributed by atoms with Crippen LogP contribution in [0.25, 0.3) is 0 Å². The van der Waals surface area contributed by atoms with E-state index in [1.54, 1.807) is 41.5 Å². The molecule has 0 bridgehead atoms. The highest BCUT2D eigenvalue weighted by Gasteiger charge is 2.28. The van der Waals surface area contributed by atoms with Gasteiger partial charge in [0.1, 0.15) is 60.6 Å². The van der Waals surface area contributed by atoms with E-state index in [2.05, 4.69) is 0 Å². The largest absolute Gasteiger partial charge is 0.772 e. The minimum atomic E-state index is -3.05. The monoisotopic (exact) mass is 653 g/mol. The standard InChI is InChI=1S/C30H38O14S/c1-29(2,3)27(37)43-9-7-41-25(35)20-14-17(31)11-16(23(20)33)12-22(45(39)40)19-13-18(32)15-21(24(19)34)26(36)42-8-10-44-28(38)30(4,5)6/h11,13-15,22,31-34H,7-10,12H2,1-6H3,(H,39,40)/p-1. The molecule has 0 aliphatic carbocycles. The first-order chi connectivity index (χ1) is 20.7. The van der Waals surface area contributed by atoms with E-state index < -0.39 is 104 Å². The highest BCUT2D eigenvalue weighted by atomic mass is 32.2. The average molecular weight is 654 g/mol. The molecule has 248 valence electrons. The third-order valence-corrected chi connectivity index (χ3v) is 6.93. The summed E-state index contributed by atoms with van der Waals surface area (Å²) >= 11 is -3.05. The van der Waals surface area contributed by atoms with Gasteiger partial charge in [0, 0.05) is 5.56 Å². The van der Waals surface area contributed by atoms with Gasteiger partial charge in [-0.2, -0.15) is 0 Å². The Hall–Kier alpha value is -4.37. The van der Waals surface area contributed by atoms with Crippen molar-refractivity contribution < 1.29 is 67.3 Å². The van der Waals surface area contributed by atoms with Crippen LogP contribution in [0.5, 0.6) is 23.0 Å². The molecular formula is C30H37O14S-. The SMILES string of the molecule is CC(C)(C)C(=O)OCCOC(=O)c1cc(O)cc(CC(c2cc(O)cc(C(=O)OCCOC(=O)C(C)(C)C)c2O)S(=O)[O-])c1O. The van der Waals surface area contributed by atoms with E-state index in [1.165, 1.54) is 0 Å². The Morgan fingerprint density at radius 1 is 0.689 bits per heavy atom. The Balaban J connectivity index is 2.26. The first-order valence-electron chi connectivity index (χ1n) is 13.6. The maximum Gasteiger partial charge on any atom is 0.342 e. The van der Waals surface area contributed by atoms with Crippen LogP contribution in [0.15, 0.2) is 24.3 Å². The normalized spacial score (nSPS) is 13.0. The lowest BCUT2D eigenvalue weighted by atomic mass is 9.97. The van der Waals surface area contributed by atoms with Gasteiger partial charge in [-0.15, -0.1) is 0 Å². The predicted molar refractivity (Wildman–Crippen MR) is 156 cm³/mol. The van der Waals surface area contributed by atoms with Crippen molar-refractivity contribution in [2.45, 2.75) is 53.2 Å². The van der Waals surface area contributed by atoms with Crippen LogP contribution in [-0.4, -0.2) is 79.5 Å². The van der Waals surface area contributed by atoms with E-state index in [0.29, 0.717) is 0 Å². The number of benzene rings is 2. The maximum absolute atomic E-state index is 12.6. The number of aromatic hydroxyl groups is 4. The van der Waals surface area contributed by atoms with Crippen molar-refractivity contribution in [1.82, 2.24) is 0 Å². The molecule has 0 amide bonds. The van der Waals surface area contributed by atoms with Crippen LogP contribution in [0.1, 0.15) is 78.6 Å². The quantitative estimate of drug-likeness (QED) is 0.0849. The lowest BCUT2D eigenvalue weighted by Gasteiger charge is -2.23. The molecule has 2 unspecified atom stereocenters. The van der Waals surface area contributed by atoms with Crippen LogP contribution in [0.3, 0.4) is 0 Å². The predicted octanol–water partition coefficient (Wildman–Crippen LogP) is 3.16. The van der Waals surface area contributed by atoms with Crippen LogP contribution in [0, 0.1) is 10.8 Å². The molecule has 0 heterocycles. The number of phenolic OH excluding ortho intramolecular Hbond substituents is 4. The second kappa shape index (κ2) is 15.1. The van der Waals surface area contributed by atoms with Crippen LogP contribution in [0.2, 0.25) is 0 Å². The van der Waals surface area contributed by atoms with Gasteiger partial charge in [0.25, 0.3) is 0 Å². The van der Waals surface area contributed by atoms with Crippen molar-refractivity contribution in [2.24, 2.45) is 10.8 Å². The van der Waals surface area contributed by atoms with Gasteiger partial charge >= 0.3 is 23.9 Å². The fraction of sp³-hybridized carbons (Fsp3) is 0.467. The van der Waals surface area contributed by atoms with Gasteiger partial charge in [0.15, 0.2) is 0 Å². The van der Waals surface area contributed by atoms with Crippen molar-refractivity contribution >= 4 is 35.0 Å². The molecule has 0 aromatic heterocycles. The molecule has 14 nitrogen and oxygen atoms in total. The number of esters is 4. The molecule has 0 aliphatic rings. The van der Waals surface area contributed by atoms with Gasteiger partial charge in [0.05, 0.1) is 16.1 Å². The number of hydrogen-bond donors (Lipinski definition) is 4. The second-order valence-corrected chi connectivity index (χ2v) is 13.0. The Bertz CT molecular complexity index is 1450. The van der Waals surface area contributed by atoms with E-state index in [-0.39, 0.29) is 25.4 Å². The minimum Gasteiger partial charge on any atom is -0.772 e. The first kappa shape index (κ1) is 36.8. The van der Waals surface area contributed by atoms with Crippen molar-refractivity contribution in [1.29, 1.82) is 0 Å². The number of carbonyl (C=O) groups excluding carboxylic acids is 4. The van der Waals surface area contributed by atoms with Crippen molar-refractivity contribution in [3.05, 3.63) is 46.5 Å². The van der Waals surface area contributed by atoms with E-state index in [1.807, 2.05) is 0 Å². The zero-order valence-electron chi connectivity index (χ0n) is 25.7. The van der Waals surface area contributed by atoms with Gasteiger partial charge in [-0.05, 0) is 88.9 Å². The van der Waals surface area contributed by atoms with Gasteiger partial charge < -0.3 is 43.9 Å². The Kier molecular flexibility index (Phi) is 12.3. The summed E-state index contributed by atoms with van der Waals surface area (Å²) in [6.45, 7) is 8.41. The number of phenols is 4. The fourth-order valence-corrected chi connectivity index (χ4v) is 4.34. The molecule has 0 saturated heterocycles. The van der Waals surface area contributed by atoms with E-state index in [0.717, 1.165) is 24.3 Å². The summed E-state index contributed by atoms with van der Waals surface area (Å²) < 4.78 is 44.6. The van der Waals surface area contributed by atoms with Crippen molar-refractivity contribution in [2.75, 3.05) is 26.4 Å². The van der Waals surface area contributed by atoms with Gasteiger partial charge in [0.2, 0.25) is 0 Å². The molecule has 0 spiro atoms. The molecule has 2 rings (SSSR count). The van der Waals surface area contributed by atoms with Gasteiger partial charge in [-0.25, -0.2) is 9.59 Å². The van der Waals surface area contributed by atoms with E-state index in [4.69, 9.17) is 18.9 Å². The summed E-state index contributed by atoms with van der Waals surface area (Å²) in [6.07, 6.45) is -0.645. The minimum absolute atomic E-state index is 0.261. The van der Waals surface area contributed by atoms with Crippen LogP contribution in [0.4, 0.5) is 0 Å². The average Bonchev–Trinajstić information content (AvgIpc) is 2.92. The highest BCUT2D eigenvalue weighted by Crippen LogP contribution is 2.39. The number of hydrogen-bond acceptors (Lipinski definition) is 14. The molecule has 2 aromatic rings. The molecular weight excluding hydrogens is 616 g/mol. The molecule has 0 radical (unpaired) electrons. The Morgan fingerprint density at radius 2 is 1.09 bits per heavy atom. The number of rotatable bonds is 12. The summed E-state index contributed by atoms with van der Waals surface area (Å²) in [5, 5.41) is 40.3.